The van der Waals surface area contributed by atoms with E-state index in [1.807, 2.05) is 24.3 Å². The Balaban J connectivity index is 1.76. The van der Waals surface area contributed by atoms with E-state index in [2.05, 4.69) is 10.1 Å². The Morgan fingerprint density at radius 2 is 1.97 bits per heavy atom. The summed E-state index contributed by atoms with van der Waals surface area (Å²) >= 11 is 1.50. The van der Waals surface area contributed by atoms with Crippen molar-refractivity contribution < 1.29 is 14.3 Å². The van der Waals surface area contributed by atoms with Crippen LogP contribution in [0.2, 0.25) is 0 Å². The van der Waals surface area contributed by atoms with Gasteiger partial charge in [0.25, 0.3) is 5.56 Å². The first-order valence-electron chi connectivity index (χ1n) is 9.17. The number of thiazole rings is 1. The van der Waals surface area contributed by atoms with Gasteiger partial charge < -0.3 is 9.47 Å². The molecule has 4 aromatic rings. The Bertz CT molecular complexity index is 1260. The van der Waals surface area contributed by atoms with E-state index >= 15 is 0 Å². The van der Waals surface area contributed by atoms with Gasteiger partial charge >= 0.3 is 5.97 Å². The van der Waals surface area contributed by atoms with Gasteiger partial charge in [0, 0.05) is 11.5 Å². The van der Waals surface area contributed by atoms with E-state index in [1.54, 1.807) is 32.2 Å². The monoisotopic (exact) mass is 409 g/mol. The molecular formula is C21H19N3O4S. The molecule has 0 saturated heterocycles. The van der Waals surface area contributed by atoms with Crippen LogP contribution in [0.4, 0.5) is 0 Å². The number of hydrogen-bond acceptors (Lipinski definition) is 7. The van der Waals surface area contributed by atoms with Crippen molar-refractivity contribution in [2.45, 2.75) is 19.9 Å². The van der Waals surface area contributed by atoms with Gasteiger partial charge in [-0.25, -0.2) is 9.67 Å². The van der Waals surface area contributed by atoms with Crippen LogP contribution in [0.1, 0.15) is 17.6 Å². The number of aromatic nitrogens is 3. The van der Waals surface area contributed by atoms with E-state index in [0.717, 1.165) is 21.0 Å². The molecule has 0 saturated carbocycles. The van der Waals surface area contributed by atoms with Crippen LogP contribution in [0.3, 0.4) is 0 Å². The molecule has 0 spiro atoms. The summed E-state index contributed by atoms with van der Waals surface area (Å²) in [5, 5.41) is 6.40. The summed E-state index contributed by atoms with van der Waals surface area (Å²) in [5.41, 5.74) is 1.11. The van der Waals surface area contributed by atoms with Crippen LogP contribution in [0, 0.1) is 0 Å². The van der Waals surface area contributed by atoms with Gasteiger partial charge in [0.05, 0.1) is 48.0 Å². The van der Waals surface area contributed by atoms with Crippen molar-refractivity contribution in [2.24, 2.45) is 0 Å². The Labute approximate surface area is 170 Å². The zero-order valence-corrected chi connectivity index (χ0v) is 16.9. The fourth-order valence-corrected chi connectivity index (χ4v) is 4.10. The third-order valence-corrected chi connectivity index (χ3v) is 5.51. The van der Waals surface area contributed by atoms with Crippen molar-refractivity contribution in [1.82, 2.24) is 14.8 Å². The van der Waals surface area contributed by atoms with E-state index in [0.29, 0.717) is 23.1 Å². The Morgan fingerprint density at radius 1 is 1.17 bits per heavy atom. The second-order valence-corrected chi connectivity index (χ2v) is 7.49. The SMILES string of the molecule is CCOC(=O)Cc1nn(Cc2nc3cc(OC)ccc3s2)c(=O)c2ccccc12. The van der Waals surface area contributed by atoms with Gasteiger partial charge in [-0.3, -0.25) is 9.59 Å². The minimum atomic E-state index is -0.373. The molecule has 0 amide bonds. The third kappa shape index (κ3) is 3.84. The van der Waals surface area contributed by atoms with Crippen molar-refractivity contribution in [3.05, 3.63) is 63.5 Å². The maximum Gasteiger partial charge on any atom is 0.311 e. The van der Waals surface area contributed by atoms with Gasteiger partial charge in [-0.1, -0.05) is 18.2 Å². The molecular weight excluding hydrogens is 390 g/mol. The molecule has 2 heterocycles. The van der Waals surface area contributed by atoms with Crippen molar-refractivity contribution in [1.29, 1.82) is 0 Å². The lowest BCUT2D eigenvalue weighted by molar-refractivity contribution is -0.142. The van der Waals surface area contributed by atoms with Crippen LogP contribution in [0.15, 0.2) is 47.3 Å². The lowest BCUT2D eigenvalue weighted by Crippen LogP contribution is -2.26. The van der Waals surface area contributed by atoms with Gasteiger partial charge in [0.1, 0.15) is 10.8 Å². The van der Waals surface area contributed by atoms with Crippen molar-refractivity contribution in [3.8, 4) is 5.75 Å². The average molecular weight is 409 g/mol. The maximum absolute atomic E-state index is 13.0. The molecule has 0 unspecified atom stereocenters. The van der Waals surface area contributed by atoms with Gasteiger partial charge in [0.2, 0.25) is 0 Å². The topological polar surface area (TPSA) is 83.3 Å². The Hall–Kier alpha value is -3.26. The van der Waals surface area contributed by atoms with Gasteiger partial charge in [-0.2, -0.15) is 5.10 Å². The van der Waals surface area contributed by atoms with Crippen LogP contribution in [-0.4, -0.2) is 34.5 Å². The molecule has 29 heavy (non-hydrogen) atoms. The summed E-state index contributed by atoms with van der Waals surface area (Å²) in [6.07, 6.45) is 0.00563. The zero-order valence-electron chi connectivity index (χ0n) is 16.0. The first-order valence-corrected chi connectivity index (χ1v) is 9.98. The van der Waals surface area contributed by atoms with E-state index < -0.39 is 0 Å². The molecule has 2 aromatic heterocycles. The Kier molecular flexibility index (Phi) is 5.26. The highest BCUT2D eigenvalue weighted by Crippen LogP contribution is 2.26. The number of benzene rings is 2. The molecule has 0 N–H and O–H groups in total. The molecule has 0 atom stereocenters. The minimum Gasteiger partial charge on any atom is -0.497 e. The van der Waals surface area contributed by atoms with Crippen molar-refractivity contribution >= 4 is 38.3 Å². The first kappa shape index (κ1) is 19.1. The van der Waals surface area contributed by atoms with E-state index in [-0.39, 0.29) is 24.5 Å². The normalized spacial score (nSPS) is 11.1. The highest BCUT2D eigenvalue weighted by molar-refractivity contribution is 7.18. The summed E-state index contributed by atoms with van der Waals surface area (Å²) in [6, 6.07) is 12.8. The van der Waals surface area contributed by atoms with Gasteiger partial charge in [-0.15, -0.1) is 11.3 Å². The smallest absolute Gasteiger partial charge is 0.311 e. The fourth-order valence-electron chi connectivity index (χ4n) is 3.17. The fraction of sp³-hybridized carbons (Fsp3) is 0.238. The number of nitrogens with zero attached hydrogens (tertiary/aromatic N) is 3. The molecule has 2 aromatic carbocycles. The molecule has 8 heteroatoms. The maximum atomic E-state index is 13.0. The second kappa shape index (κ2) is 8.00. The molecule has 0 aliphatic rings. The standard InChI is InChI=1S/C21H19N3O4S/c1-3-28-20(25)11-16-14-6-4-5-7-15(14)21(26)24(23-16)12-19-22-17-10-13(27-2)8-9-18(17)29-19/h4-10H,3,11-12H2,1-2H3. The summed E-state index contributed by atoms with van der Waals surface area (Å²) in [5.74, 6) is 0.356. The first-order chi connectivity index (χ1) is 14.1. The second-order valence-electron chi connectivity index (χ2n) is 6.38. The number of fused-ring (bicyclic) bond motifs is 2. The van der Waals surface area contributed by atoms with Gasteiger partial charge in [0.15, 0.2) is 0 Å². The van der Waals surface area contributed by atoms with E-state index in [1.165, 1.54) is 16.0 Å². The molecule has 4 rings (SSSR count). The number of carbonyl (C=O) groups excluding carboxylic acids is 1. The number of rotatable bonds is 6. The molecule has 148 valence electrons. The lowest BCUT2D eigenvalue weighted by Gasteiger charge is -2.10. The molecule has 0 fully saturated rings. The summed E-state index contributed by atoms with van der Waals surface area (Å²) in [7, 11) is 1.61. The highest BCUT2D eigenvalue weighted by Gasteiger charge is 2.15. The molecule has 7 nitrogen and oxygen atoms in total. The number of methoxy groups -OCH3 is 1. The van der Waals surface area contributed by atoms with E-state index in [4.69, 9.17) is 9.47 Å². The number of hydrogen-bond donors (Lipinski definition) is 0. The number of carbonyl (C=O) groups is 1. The lowest BCUT2D eigenvalue weighted by atomic mass is 10.1. The summed E-state index contributed by atoms with van der Waals surface area (Å²) in [4.78, 5) is 29.6. The molecule has 0 aliphatic heterocycles. The average Bonchev–Trinajstić information content (AvgIpc) is 3.13. The molecule has 0 bridgehead atoms. The minimum absolute atomic E-state index is 0.00563. The highest BCUT2D eigenvalue weighted by atomic mass is 32.1. The van der Waals surface area contributed by atoms with Gasteiger partial charge in [-0.05, 0) is 25.1 Å². The number of esters is 1. The third-order valence-electron chi connectivity index (χ3n) is 4.49. The van der Waals surface area contributed by atoms with Crippen LogP contribution < -0.4 is 10.3 Å². The zero-order chi connectivity index (χ0) is 20.4. The quantitative estimate of drug-likeness (QED) is 0.455. The molecule has 0 aliphatic carbocycles. The van der Waals surface area contributed by atoms with Crippen LogP contribution in [-0.2, 0) is 22.5 Å². The van der Waals surface area contributed by atoms with Crippen molar-refractivity contribution in [3.63, 3.8) is 0 Å². The molecule has 0 radical (unpaired) electrons. The largest absolute Gasteiger partial charge is 0.497 e. The predicted molar refractivity (Wildman–Crippen MR) is 112 cm³/mol. The van der Waals surface area contributed by atoms with E-state index in [9.17, 15) is 9.59 Å². The predicted octanol–water partition coefficient (Wildman–Crippen LogP) is 3.17. The van der Waals surface area contributed by atoms with Crippen LogP contribution >= 0.6 is 11.3 Å². The van der Waals surface area contributed by atoms with Crippen LogP contribution in [0.25, 0.3) is 21.0 Å². The summed E-state index contributed by atoms with van der Waals surface area (Å²) < 4.78 is 12.7. The Morgan fingerprint density at radius 3 is 2.72 bits per heavy atom. The summed E-state index contributed by atoms with van der Waals surface area (Å²) in [6.45, 7) is 2.28. The van der Waals surface area contributed by atoms with Crippen LogP contribution in [0.5, 0.6) is 5.75 Å². The number of ether oxygens (including phenoxy) is 2. The van der Waals surface area contributed by atoms with Crippen molar-refractivity contribution in [2.75, 3.05) is 13.7 Å².